The summed E-state index contributed by atoms with van der Waals surface area (Å²) in [4.78, 5) is 22.9. The summed E-state index contributed by atoms with van der Waals surface area (Å²) in [6.07, 6.45) is 0.657. The van der Waals surface area contributed by atoms with Crippen molar-refractivity contribution in [1.82, 2.24) is 5.32 Å². The molecule has 4 N–H and O–H groups in total. The molecule has 1 rings (SSSR count). The Morgan fingerprint density at radius 3 is 2.63 bits per heavy atom. The summed E-state index contributed by atoms with van der Waals surface area (Å²) in [5.41, 5.74) is 6.00. The minimum absolute atomic E-state index is 0.113. The lowest BCUT2D eigenvalue weighted by atomic mass is 9.86. The summed E-state index contributed by atoms with van der Waals surface area (Å²) >= 11 is 0. The smallest absolute Gasteiger partial charge is 0.335 e. The number of carbonyl (C=O) groups is 2. The maximum atomic E-state index is 12.0. The average Bonchev–Trinajstić information content (AvgIpc) is 2.44. The molecule has 0 aromatic heterocycles. The molecule has 0 saturated heterocycles. The van der Waals surface area contributed by atoms with Gasteiger partial charge in [-0.05, 0) is 31.0 Å². The number of amides is 1. The van der Waals surface area contributed by atoms with Gasteiger partial charge in [-0.1, -0.05) is 19.1 Å². The van der Waals surface area contributed by atoms with Gasteiger partial charge in [0.25, 0.3) is 0 Å². The molecule has 0 saturated carbocycles. The molecule has 0 aliphatic carbocycles. The molecule has 0 aliphatic heterocycles. The van der Waals surface area contributed by atoms with Crippen LogP contribution in [-0.4, -0.2) is 23.5 Å². The van der Waals surface area contributed by atoms with Crippen LogP contribution in [0.1, 0.15) is 36.2 Å². The second kappa shape index (κ2) is 6.33. The van der Waals surface area contributed by atoms with Crippen LogP contribution in [0.4, 0.5) is 0 Å². The largest absolute Gasteiger partial charge is 0.478 e. The Hall–Kier alpha value is -1.88. The van der Waals surface area contributed by atoms with Crippen molar-refractivity contribution in [2.45, 2.75) is 26.8 Å². The Bertz CT molecular complexity index is 468. The Morgan fingerprint density at radius 2 is 2.11 bits per heavy atom. The number of carboxylic acids is 1. The molecule has 0 fully saturated rings. The van der Waals surface area contributed by atoms with E-state index in [2.05, 4.69) is 5.32 Å². The van der Waals surface area contributed by atoms with Crippen molar-refractivity contribution in [3.63, 3.8) is 0 Å². The molecule has 1 aromatic carbocycles. The van der Waals surface area contributed by atoms with E-state index in [1.54, 1.807) is 18.2 Å². The highest BCUT2D eigenvalue weighted by Crippen LogP contribution is 2.19. The third kappa shape index (κ3) is 3.79. The van der Waals surface area contributed by atoms with E-state index in [4.69, 9.17) is 10.8 Å². The highest BCUT2D eigenvalue weighted by atomic mass is 16.4. The number of nitrogens with one attached hydrogen (secondary N) is 1. The van der Waals surface area contributed by atoms with Gasteiger partial charge in [0.15, 0.2) is 0 Å². The van der Waals surface area contributed by atoms with Crippen molar-refractivity contribution in [2.24, 2.45) is 11.1 Å². The molecule has 1 amide bonds. The Kier molecular flexibility index (Phi) is 5.06. The minimum atomic E-state index is -0.978. The van der Waals surface area contributed by atoms with Crippen molar-refractivity contribution in [2.75, 3.05) is 6.54 Å². The number of carboxylic acid groups (broad SMARTS) is 1. The highest BCUT2D eigenvalue weighted by molar-refractivity contribution is 5.87. The first kappa shape index (κ1) is 15.2. The van der Waals surface area contributed by atoms with Crippen LogP contribution < -0.4 is 11.1 Å². The molecule has 0 radical (unpaired) electrons. The van der Waals surface area contributed by atoms with Gasteiger partial charge in [-0.15, -0.1) is 0 Å². The second-order valence-corrected chi connectivity index (χ2v) is 4.81. The quantitative estimate of drug-likeness (QED) is 0.723. The summed E-state index contributed by atoms with van der Waals surface area (Å²) in [7, 11) is 0. The van der Waals surface area contributed by atoms with Crippen LogP contribution in [0.2, 0.25) is 0 Å². The standard InChI is InChI=1S/C14H20N2O3/c1-3-14(2,9-15)13(19)16-8-10-5-4-6-11(7-10)12(17)18/h4-7H,3,8-9,15H2,1-2H3,(H,16,19)(H,17,18). The first-order valence-corrected chi connectivity index (χ1v) is 6.23. The van der Waals surface area contributed by atoms with Gasteiger partial charge < -0.3 is 16.2 Å². The van der Waals surface area contributed by atoms with Gasteiger partial charge in [0.2, 0.25) is 5.91 Å². The average molecular weight is 264 g/mol. The predicted molar refractivity (Wildman–Crippen MR) is 72.7 cm³/mol. The monoisotopic (exact) mass is 264 g/mol. The molecule has 5 heteroatoms. The van der Waals surface area contributed by atoms with E-state index in [9.17, 15) is 9.59 Å². The van der Waals surface area contributed by atoms with E-state index in [1.165, 1.54) is 6.07 Å². The van der Waals surface area contributed by atoms with Crippen LogP contribution in [0.5, 0.6) is 0 Å². The maximum absolute atomic E-state index is 12.0. The third-order valence-electron chi connectivity index (χ3n) is 3.41. The first-order valence-electron chi connectivity index (χ1n) is 6.23. The van der Waals surface area contributed by atoms with E-state index in [0.29, 0.717) is 13.0 Å². The maximum Gasteiger partial charge on any atom is 0.335 e. The van der Waals surface area contributed by atoms with Crippen molar-refractivity contribution in [3.8, 4) is 0 Å². The molecule has 19 heavy (non-hydrogen) atoms. The first-order chi connectivity index (χ1) is 8.92. The van der Waals surface area contributed by atoms with Gasteiger partial charge in [0.1, 0.15) is 0 Å². The summed E-state index contributed by atoms with van der Waals surface area (Å²) < 4.78 is 0. The Labute approximate surface area is 112 Å². The van der Waals surface area contributed by atoms with Crippen molar-refractivity contribution in [3.05, 3.63) is 35.4 Å². The highest BCUT2D eigenvalue weighted by Gasteiger charge is 2.29. The molecule has 5 nitrogen and oxygen atoms in total. The van der Waals surface area contributed by atoms with Crippen LogP contribution in [0.15, 0.2) is 24.3 Å². The number of carbonyl (C=O) groups excluding carboxylic acids is 1. The number of hydrogen-bond acceptors (Lipinski definition) is 3. The molecule has 0 bridgehead atoms. The van der Waals surface area contributed by atoms with E-state index < -0.39 is 11.4 Å². The molecular weight excluding hydrogens is 244 g/mol. The topological polar surface area (TPSA) is 92.4 Å². The van der Waals surface area contributed by atoms with Crippen molar-refractivity contribution >= 4 is 11.9 Å². The lowest BCUT2D eigenvalue weighted by Crippen LogP contribution is -2.43. The van der Waals surface area contributed by atoms with Gasteiger partial charge in [-0.2, -0.15) is 0 Å². The second-order valence-electron chi connectivity index (χ2n) is 4.81. The number of hydrogen-bond donors (Lipinski definition) is 3. The molecule has 1 aromatic rings. The fourth-order valence-corrected chi connectivity index (χ4v) is 1.61. The fraction of sp³-hybridized carbons (Fsp3) is 0.429. The van der Waals surface area contributed by atoms with Crippen LogP contribution in [0, 0.1) is 5.41 Å². The molecular formula is C14H20N2O3. The number of nitrogens with two attached hydrogens (primary N) is 1. The van der Waals surface area contributed by atoms with E-state index in [1.807, 2.05) is 13.8 Å². The van der Waals surface area contributed by atoms with Gasteiger partial charge in [0, 0.05) is 13.1 Å². The zero-order valence-electron chi connectivity index (χ0n) is 11.3. The van der Waals surface area contributed by atoms with Crippen molar-refractivity contribution < 1.29 is 14.7 Å². The number of aromatic carboxylic acids is 1. The molecule has 0 heterocycles. The lowest BCUT2D eigenvalue weighted by Gasteiger charge is -2.24. The third-order valence-corrected chi connectivity index (χ3v) is 3.41. The van der Waals surface area contributed by atoms with Crippen molar-refractivity contribution in [1.29, 1.82) is 0 Å². The van der Waals surface area contributed by atoms with Gasteiger partial charge >= 0.3 is 5.97 Å². The zero-order valence-corrected chi connectivity index (χ0v) is 11.3. The molecule has 1 atom stereocenters. The van der Waals surface area contributed by atoms with Crippen LogP contribution in [-0.2, 0) is 11.3 Å². The lowest BCUT2D eigenvalue weighted by molar-refractivity contribution is -0.130. The van der Waals surface area contributed by atoms with E-state index >= 15 is 0 Å². The van der Waals surface area contributed by atoms with Gasteiger partial charge in [-0.3, -0.25) is 4.79 Å². The number of rotatable bonds is 6. The van der Waals surface area contributed by atoms with Crippen LogP contribution >= 0.6 is 0 Å². The Morgan fingerprint density at radius 1 is 1.42 bits per heavy atom. The Balaban J connectivity index is 2.69. The molecule has 1 unspecified atom stereocenters. The predicted octanol–water partition coefficient (Wildman–Crippen LogP) is 1.38. The summed E-state index contributed by atoms with van der Waals surface area (Å²) in [5, 5.41) is 11.7. The summed E-state index contributed by atoms with van der Waals surface area (Å²) in [6, 6.07) is 6.50. The fourth-order valence-electron chi connectivity index (χ4n) is 1.61. The van der Waals surface area contributed by atoms with Crippen LogP contribution in [0.3, 0.4) is 0 Å². The summed E-state index contributed by atoms with van der Waals surface area (Å²) in [6.45, 7) is 4.31. The van der Waals surface area contributed by atoms with Gasteiger partial charge in [0.05, 0.1) is 11.0 Å². The van der Waals surface area contributed by atoms with E-state index in [0.717, 1.165) is 5.56 Å². The molecule has 0 aliphatic rings. The van der Waals surface area contributed by atoms with Gasteiger partial charge in [-0.25, -0.2) is 4.79 Å². The summed E-state index contributed by atoms with van der Waals surface area (Å²) in [5.74, 6) is -1.09. The zero-order chi connectivity index (χ0) is 14.5. The van der Waals surface area contributed by atoms with E-state index in [-0.39, 0.29) is 18.0 Å². The molecule has 104 valence electrons. The SMILES string of the molecule is CCC(C)(CN)C(=O)NCc1cccc(C(=O)O)c1. The molecule has 0 spiro atoms. The number of benzene rings is 1. The minimum Gasteiger partial charge on any atom is -0.478 e. The van der Waals surface area contributed by atoms with Crippen LogP contribution in [0.25, 0.3) is 0 Å². The normalized spacial score (nSPS) is 13.6.